The molecule has 0 aliphatic carbocycles. The Kier molecular flexibility index (Phi) is 3.13. The Balaban J connectivity index is 2.85. The zero-order valence-electron chi connectivity index (χ0n) is 7.97. The predicted molar refractivity (Wildman–Crippen MR) is 57.5 cm³/mol. The molecule has 0 heterocycles. The molecule has 0 bridgehead atoms. The van der Waals surface area contributed by atoms with Crippen LogP contribution >= 0.6 is 0 Å². The average molecular weight is 214 g/mol. The summed E-state index contributed by atoms with van der Waals surface area (Å²) >= 11 is 0. The van der Waals surface area contributed by atoms with Crippen molar-refractivity contribution in [3.05, 3.63) is 29.8 Å². The molecule has 0 radical (unpaired) electrons. The number of benzene rings is 1. The summed E-state index contributed by atoms with van der Waals surface area (Å²) in [5, 5.41) is 0. The molecule has 1 rings (SSSR count). The van der Waals surface area contributed by atoms with Gasteiger partial charge in [-0.05, 0) is 17.7 Å². The van der Waals surface area contributed by atoms with Crippen molar-refractivity contribution in [1.82, 2.24) is 0 Å². The first-order valence-corrected chi connectivity index (χ1v) is 6.23. The average Bonchev–Trinajstić information content (AvgIpc) is 2.01. The summed E-state index contributed by atoms with van der Waals surface area (Å²) in [6.07, 6.45) is 1.17. The van der Waals surface area contributed by atoms with Crippen LogP contribution in [0, 0.1) is 0 Å². The van der Waals surface area contributed by atoms with Crippen molar-refractivity contribution >= 4 is 15.5 Å². The molecule has 0 aliphatic heterocycles. The fourth-order valence-corrected chi connectivity index (χ4v) is 2.06. The summed E-state index contributed by atoms with van der Waals surface area (Å²) in [4.78, 5) is 0. The van der Waals surface area contributed by atoms with Crippen molar-refractivity contribution in [3.63, 3.8) is 0 Å². The second-order valence-corrected chi connectivity index (χ2v) is 5.55. The van der Waals surface area contributed by atoms with E-state index in [-0.39, 0.29) is 5.75 Å². The first-order chi connectivity index (χ1) is 6.38. The van der Waals surface area contributed by atoms with E-state index < -0.39 is 15.9 Å². The van der Waals surface area contributed by atoms with E-state index in [0.29, 0.717) is 5.69 Å². The van der Waals surface area contributed by atoms with Gasteiger partial charge in [0.2, 0.25) is 0 Å². The van der Waals surface area contributed by atoms with Gasteiger partial charge in [0.15, 0.2) is 0 Å². The van der Waals surface area contributed by atoms with E-state index in [1.165, 1.54) is 6.26 Å². The molecule has 0 amide bonds. The fraction of sp³-hybridized carbons (Fsp3) is 0.333. The molecule has 0 fully saturated rings. The topological polar surface area (TPSA) is 86.2 Å². The zero-order chi connectivity index (χ0) is 10.8. The highest BCUT2D eigenvalue weighted by atomic mass is 32.2. The van der Waals surface area contributed by atoms with E-state index in [0.717, 1.165) is 5.56 Å². The smallest absolute Gasteiger partial charge is 0.149 e. The van der Waals surface area contributed by atoms with E-state index in [2.05, 4.69) is 0 Å². The predicted octanol–water partition coefficient (Wildman–Crippen LogP) is 0.313. The van der Waals surface area contributed by atoms with E-state index >= 15 is 0 Å². The van der Waals surface area contributed by atoms with Gasteiger partial charge in [-0.15, -0.1) is 0 Å². The molecule has 1 aromatic rings. The van der Waals surface area contributed by atoms with Crippen LogP contribution in [-0.2, 0) is 9.84 Å². The van der Waals surface area contributed by atoms with Gasteiger partial charge in [0, 0.05) is 18.0 Å². The molecule has 0 spiro atoms. The zero-order valence-corrected chi connectivity index (χ0v) is 8.79. The number of hydrogen-bond donors (Lipinski definition) is 2. The van der Waals surface area contributed by atoms with Gasteiger partial charge in [-0.2, -0.15) is 0 Å². The SMILES string of the molecule is CS(=O)(=O)C[C@H](N)c1cccc(N)c1. The van der Waals surface area contributed by atoms with Crippen molar-refractivity contribution in [2.45, 2.75) is 6.04 Å². The van der Waals surface area contributed by atoms with Crippen LogP contribution in [0.25, 0.3) is 0 Å². The van der Waals surface area contributed by atoms with Crippen molar-refractivity contribution < 1.29 is 8.42 Å². The number of nitrogen functional groups attached to an aromatic ring is 1. The Hall–Kier alpha value is -1.07. The Labute approximate surface area is 83.8 Å². The first-order valence-electron chi connectivity index (χ1n) is 4.17. The fourth-order valence-electron chi connectivity index (χ4n) is 1.21. The Morgan fingerprint density at radius 1 is 1.43 bits per heavy atom. The summed E-state index contributed by atoms with van der Waals surface area (Å²) in [6.45, 7) is 0. The van der Waals surface area contributed by atoms with Gasteiger partial charge in [-0.25, -0.2) is 8.42 Å². The third-order valence-corrected chi connectivity index (χ3v) is 2.79. The summed E-state index contributed by atoms with van der Waals surface area (Å²) in [7, 11) is -3.05. The summed E-state index contributed by atoms with van der Waals surface area (Å²) in [5.74, 6) is -0.0591. The van der Waals surface area contributed by atoms with Crippen molar-refractivity contribution in [2.24, 2.45) is 5.73 Å². The molecule has 0 unspecified atom stereocenters. The van der Waals surface area contributed by atoms with Gasteiger partial charge >= 0.3 is 0 Å². The Morgan fingerprint density at radius 2 is 2.07 bits per heavy atom. The van der Waals surface area contributed by atoms with Crippen LogP contribution in [0.3, 0.4) is 0 Å². The minimum Gasteiger partial charge on any atom is -0.399 e. The van der Waals surface area contributed by atoms with Gasteiger partial charge in [0.05, 0.1) is 5.75 Å². The van der Waals surface area contributed by atoms with Gasteiger partial charge in [0.1, 0.15) is 9.84 Å². The number of rotatable bonds is 3. The van der Waals surface area contributed by atoms with E-state index in [1.807, 2.05) is 0 Å². The summed E-state index contributed by atoms with van der Waals surface area (Å²) < 4.78 is 22.0. The molecule has 1 atom stereocenters. The molecule has 1 aromatic carbocycles. The van der Waals surface area contributed by atoms with Gasteiger partial charge < -0.3 is 11.5 Å². The molecule has 0 aromatic heterocycles. The van der Waals surface area contributed by atoms with Crippen LogP contribution in [0.15, 0.2) is 24.3 Å². The molecular formula is C9H14N2O2S. The highest BCUT2D eigenvalue weighted by Crippen LogP contribution is 2.14. The number of anilines is 1. The molecule has 5 heteroatoms. The third kappa shape index (κ3) is 3.35. The van der Waals surface area contributed by atoms with Crippen LogP contribution in [-0.4, -0.2) is 20.4 Å². The summed E-state index contributed by atoms with van der Waals surface area (Å²) in [6, 6.07) is 6.44. The number of sulfone groups is 1. The first kappa shape index (κ1) is 11.0. The maximum Gasteiger partial charge on any atom is 0.149 e. The van der Waals surface area contributed by atoms with Gasteiger partial charge in [-0.3, -0.25) is 0 Å². The van der Waals surface area contributed by atoms with Crippen LogP contribution in [0.4, 0.5) is 5.69 Å². The molecule has 0 saturated carbocycles. The van der Waals surface area contributed by atoms with Gasteiger partial charge in [-0.1, -0.05) is 12.1 Å². The lowest BCUT2D eigenvalue weighted by Gasteiger charge is -2.10. The molecular weight excluding hydrogens is 200 g/mol. The van der Waals surface area contributed by atoms with Crippen molar-refractivity contribution in [2.75, 3.05) is 17.7 Å². The normalized spacial score (nSPS) is 13.9. The quantitative estimate of drug-likeness (QED) is 0.709. The lowest BCUT2D eigenvalue weighted by molar-refractivity contribution is 0.595. The van der Waals surface area contributed by atoms with E-state index in [9.17, 15) is 8.42 Å². The van der Waals surface area contributed by atoms with Crippen LogP contribution in [0.1, 0.15) is 11.6 Å². The standard InChI is InChI=1S/C9H14N2O2S/c1-14(12,13)6-9(11)7-3-2-4-8(10)5-7/h2-5,9H,6,10-11H2,1H3/t9-/m0/s1. The Bertz CT molecular complexity index is 415. The maximum absolute atomic E-state index is 11.0. The highest BCUT2D eigenvalue weighted by Gasteiger charge is 2.12. The lowest BCUT2D eigenvalue weighted by atomic mass is 10.1. The van der Waals surface area contributed by atoms with Crippen LogP contribution < -0.4 is 11.5 Å². The maximum atomic E-state index is 11.0. The number of nitrogens with two attached hydrogens (primary N) is 2. The summed E-state index contributed by atoms with van der Waals surface area (Å²) in [5.41, 5.74) is 12.6. The minimum absolute atomic E-state index is 0.0591. The minimum atomic E-state index is -3.05. The molecule has 0 saturated heterocycles. The molecule has 4 N–H and O–H groups in total. The van der Waals surface area contributed by atoms with E-state index in [4.69, 9.17) is 11.5 Å². The highest BCUT2D eigenvalue weighted by molar-refractivity contribution is 7.90. The second kappa shape index (κ2) is 3.98. The number of hydrogen-bond acceptors (Lipinski definition) is 4. The second-order valence-electron chi connectivity index (χ2n) is 3.37. The largest absolute Gasteiger partial charge is 0.399 e. The molecule has 0 aliphatic rings. The van der Waals surface area contributed by atoms with E-state index in [1.54, 1.807) is 24.3 Å². The molecule has 78 valence electrons. The molecule has 4 nitrogen and oxygen atoms in total. The van der Waals surface area contributed by atoms with Crippen LogP contribution in [0.2, 0.25) is 0 Å². The van der Waals surface area contributed by atoms with Crippen molar-refractivity contribution in [1.29, 1.82) is 0 Å². The molecule has 14 heavy (non-hydrogen) atoms. The monoisotopic (exact) mass is 214 g/mol. The lowest BCUT2D eigenvalue weighted by Crippen LogP contribution is -2.20. The van der Waals surface area contributed by atoms with Crippen molar-refractivity contribution in [3.8, 4) is 0 Å². The Morgan fingerprint density at radius 3 is 2.57 bits per heavy atom. The van der Waals surface area contributed by atoms with Crippen LogP contribution in [0.5, 0.6) is 0 Å². The van der Waals surface area contributed by atoms with Gasteiger partial charge in [0.25, 0.3) is 0 Å². The third-order valence-electron chi connectivity index (χ3n) is 1.82.